The van der Waals surface area contributed by atoms with Crippen molar-refractivity contribution in [3.05, 3.63) is 86.3 Å². The summed E-state index contributed by atoms with van der Waals surface area (Å²) in [6.45, 7) is 1.88. The Hall–Kier alpha value is -4.09. The molecule has 0 saturated carbocycles. The number of rotatable bonds is 6. The number of ether oxygens (including phenoxy) is 1. The largest absolute Gasteiger partial charge is 0.462 e. The minimum atomic E-state index is -1.16. The Morgan fingerprint density at radius 2 is 1.87 bits per heavy atom. The third-order valence-electron chi connectivity index (χ3n) is 7.38. The molecular formula is C28H25N3O7S. The normalized spacial score (nSPS) is 22.1. The molecule has 0 N–H and O–H groups in total. The Labute approximate surface area is 227 Å². The molecule has 6 rings (SSSR count). The van der Waals surface area contributed by atoms with E-state index in [-0.39, 0.29) is 22.9 Å². The van der Waals surface area contributed by atoms with Crippen molar-refractivity contribution >= 4 is 45.5 Å². The highest BCUT2D eigenvalue weighted by Crippen LogP contribution is 2.50. The smallest absolute Gasteiger partial charge is 0.341 e. The van der Waals surface area contributed by atoms with Crippen LogP contribution in [0.3, 0.4) is 0 Å². The van der Waals surface area contributed by atoms with Crippen LogP contribution in [0.4, 0.5) is 16.4 Å². The number of fused-ring (bicyclic) bond motifs is 2. The standard InChI is InChI=1S/C28H25N3O7S/c1-2-37-28(34)21-19-13-6-7-14-20(19)39-27(21)29-25(32)22-23(16-9-8-12-18(15-16)31(35)36)30(38-24(22)26(29)33)17-10-4-3-5-11-17/h3-5,8-12,15,22-24H,2,6-7,13-14H2,1H3/t22-,23+,24+/m1/s1. The van der Waals surface area contributed by atoms with E-state index in [4.69, 9.17) is 9.57 Å². The minimum Gasteiger partial charge on any atom is -0.462 e. The van der Waals surface area contributed by atoms with Crippen molar-refractivity contribution in [3.8, 4) is 0 Å². The molecule has 200 valence electrons. The number of amides is 2. The number of anilines is 2. The van der Waals surface area contributed by atoms with Gasteiger partial charge in [-0.25, -0.2) is 14.8 Å². The minimum absolute atomic E-state index is 0.131. The van der Waals surface area contributed by atoms with E-state index in [1.165, 1.54) is 28.5 Å². The Bertz CT molecular complexity index is 1490. The molecule has 2 aliphatic heterocycles. The van der Waals surface area contributed by atoms with Gasteiger partial charge in [0.1, 0.15) is 10.9 Å². The van der Waals surface area contributed by atoms with Gasteiger partial charge in [0.25, 0.3) is 11.6 Å². The molecule has 1 aromatic heterocycles. The molecule has 11 heteroatoms. The molecule has 3 aromatic rings. The van der Waals surface area contributed by atoms with Gasteiger partial charge in [0.05, 0.1) is 28.8 Å². The molecule has 10 nitrogen and oxygen atoms in total. The second-order valence-electron chi connectivity index (χ2n) is 9.63. The molecule has 2 saturated heterocycles. The fourth-order valence-electron chi connectivity index (χ4n) is 5.70. The topological polar surface area (TPSA) is 119 Å². The lowest BCUT2D eigenvalue weighted by molar-refractivity contribution is -0.384. The van der Waals surface area contributed by atoms with Crippen molar-refractivity contribution in [1.82, 2.24) is 0 Å². The van der Waals surface area contributed by atoms with Gasteiger partial charge >= 0.3 is 5.97 Å². The molecule has 0 radical (unpaired) electrons. The number of nitro groups is 1. The number of non-ortho nitro benzene ring substituents is 1. The van der Waals surface area contributed by atoms with Gasteiger partial charge < -0.3 is 4.74 Å². The molecule has 3 atom stereocenters. The van der Waals surface area contributed by atoms with Crippen LogP contribution in [-0.4, -0.2) is 35.4 Å². The summed E-state index contributed by atoms with van der Waals surface area (Å²) in [7, 11) is 0. The molecular weight excluding hydrogens is 522 g/mol. The van der Waals surface area contributed by atoms with Crippen LogP contribution >= 0.6 is 11.3 Å². The van der Waals surface area contributed by atoms with Crippen LogP contribution in [0.5, 0.6) is 0 Å². The van der Waals surface area contributed by atoms with E-state index in [2.05, 4.69) is 0 Å². The zero-order chi connectivity index (χ0) is 27.3. The Kier molecular flexibility index (Phi) is 6.40. The number of aryl methyl sites for hydroxylation is 1. The van der Waals surface area contributed by atoms with E-state index in [0.29, 0.717) is 17.7 Å². The van der Waals surface area contributed by atoms with Gasteiger partial charge in [0, 0.05) is 17.0 Å². The molecule has 39 heavy (non-hydrogen) atoms. The number of carbonyl (C=O) groups is 3. The highest BCUT2D eigenvalue weighted by atomic mass is 32.1. The van der Waals surface area contributed by atoms with E-state index >= 15 is 0 Å². The van der Waals surface area contributed by atoms with Gasteiger partial charge in [0.2, 0.25) is 5.91 Å². The predicted molar refractivity (Wildman–Crippen MR) is 143 cm³/mol. The van der Waals surface area contributed by atoms with Crippen molar-refractivity contribution in [2.24, 2.45) is 5.92 Å². The van der Waals surface area contributed by atoms with Gasteiger partial charge in [-0.2, -0.15) is 0 Å². The zero-order valence-electron chi connectivity index (χ0n) is 21.1. The number of hydrogen-bond acceptors (Lipinski definition) is 9. The Balaban J connectivity index is 1.45. The van der Waals surface area contributed by atoms with Crippen molar-refractivity contribution < 1.29 is 28.9 Å². The van der Waals surface area contributed by atoms with E-state index in [9.17, 15) is 24.5 Å². The van der Waals surface area contributed by atoms with Crippen molar-refractivity contribution in [2.75, 3.05) is 16.6 Å². The van der Waals surface area contributed by atoms with Crippen molar-refractivity contribution in [2.45, 2.75) is 44.8 Å². The van der Waals surface area contributed by atoms with Crippen LogP contribution in [0.15, 0.2) is 54.6 Å². The number of benzene rings is 2. The third-order valence-corrected chi connectivity index (χ3v) is 8.66. The fraction of sp³-hybridized carbons (Fsp3) is 0.321. The van der Waals surface area contributed by atoms with Crippen LogP contribution < -0.4 is 9.96 Å². The summed E-state index contributed by atoms with van der Waals surface area (Å²) >= 11 is 1.29. The number of hydroxylamine groups is 1. The monoisotopic (exact) mass is 547 g/mol. The first-order chi connectivity index (χ1) is 18.9. The maximum atomic E-state index is 14.1. The molecule has 2 fully saturated rings. The number of hydrogen-bond donors (Lipinski definition) is 0. The lowest BCUT2D eigenvalue weighted by Crippen LogP contribution is -2.37. The molecule has 3 heterocycles. The maximum absolute atomic E-state index is 14.1. The second kappa shape index (κ2) is 9.90. The van der Waals surface area contributed by atoms with E-state index in [1.54, 1.807) is 43.3 Å². The first kappa shape index (κ1) is 25.2. The molecule has 0 unspecified atom stereocenters. The molecule has 0 spiro atoms. The van der Waals surface area contributed by atoms with Crippen molar-refractivity contribution in [3.63, 3.8) is 0 Å². The SMILES string of the molecule is CCOC(=O)c1c(N2C(=O)[C@H]3[C@H](ON(c4ccccc4)[C@H]3c3cccc([N+](=O)[O-])c3)C2=O)sc2c1CCCC2. The first-order valence-electron chi connectivity index (χ1n) is 12.9. The van der Waals surface area contributed by atoms with Crippen LogP contribution in [0.1, 0.15) is 52.2 Å². The van der Waals surface area contributed by atoms with E-state index in [1.807, 2.05) is 6.07 Å². The van der Waals surface area contributed by atoms with Crippen LogP contribution in [0.2, 0.25) is 0 Å². The summed E-state index contributed by atoms with van der Waals surface area (Å²) in [6.07, 6.45) is 2.16. The summed E-state index contributed by atoms with van der Waals surface area (Å²) in [6, 6.07) is 14.2. The first-order valence-corrected chi connectivity index (χ1v) is 13.7. The van der Waals surface area contributed by atoms with Crippen LogP contribution in [0.25, 0.3) is 0 Å². The second-order valence-corrected chi connectivity index (χ2v) is 10.7. The van der Waals surface area contributed by atoms with Gasteiger partial charge in [-0.3, -0.25) is 24.5 Å². The molecule has 2 amide bonds. The number of nitrogens with zero attached hydrogens (tertiary/aromatic N) is 3. The van der Waals surface area contributed by atoms with Gasteiger partial charge in [-0.15, -0.1) is 11.3 Å². The Morgan fingerprint density at radius 3 is 2.62 bits per heavy atom. The number of imide groups is 1. The maximum Gasteiger partial charge on any atom is 0.341 e. The predicted octanol–water partition coefficient (Wildman–Crippen LogP) is 4.76. The van der Waals surface area contributed by atoms with Crippen molar-refractivity contribution in [1.29, 1.82) is 0 Å². The summed E-state index contributed by atoms with van der Waals surface area (Å²) in [5, 5.41) is 13.3. The van der Waals surface area contributed by atoms with Gasteiger partial charge in [-0.1, -0.05) is 30.3 Å². The van der Waals surface area contributed by atoms with Crippen LogP contribution in [0, 0.1) is 16.0 Å². The third kappa shape index (κ3) is 4.09. The number of para-hydroxylation sites is 1. The van der Waals surface area contributed by atoms with E-state index < -0.39 is 40.8 Å². The lowest BCUT2D eigenvalue weighted by atomic mass is 9.90. The molecule has 2 aromatic carbocycles. The fourth-order valence-corrected chi connectivity index (χ4v) is 7.08. The van der Waals surface area contributed by atoms with E-state index in [0.717, 1.165) is 34.6 Å². The summed E-state index contributed by atoms with van der Waals surface area (Å²) in [4.78, 5) is 60.4. The number of carbonyl (C=O) groups excluding carboxylic acids is 3. The number of nitro benzene ring substituents is 1. The highest BCUT2D eigenvalue weighted by molar-refractivity contribution is 7.17. The summed E-state index contributed by atoms with van der Waals surface area (Å²) < 4.78 is 5.33. The molecule has 3 aliphatic rings. The number of esters is 1. The van der Waals surface area contributed by atoms with Gasteiger partial charge in [0.15, 0.2) is 6.10 Å². The Morgan fingerprint density at radius 1 is 1.10 bits per heavy atom. The average Bonchev–Trinajstić information content (AvgIpc) is 3.59. The molecule has 0 bridgehead atoms. The molecule has 1 aliphatic carbocycles. The average molecular weight is 548 g/mol. The number of thiophene rings is 1. The zero-order valence-corrected chi connectivity index (χ0v) is 21.9. The lowest BCUT2D eigenvalue weighted by Gasteiger charge is -2.28. The van der Waals surface area contributed by atoms with Crippen LogP contribution in [-0.2, 0) is 32.0 Å². The summed E-state index contributed by atoms with van der Waals surface area (Å²) in [5.74, 6) is -2.60. The van der Waals surface area contributed by atoms with Gasteiger partial charge in [-0.05, 0) is 55.9 Å². The summed E-state index contributed by atoms with van der Waals surface area (Å²) in [5.41, 5.74) is 2.08. The highest BCUT2D eigenvalue weighted by Gasteiger charge is 2.61. The quantitative estimate of drug-likeness (QED) is 0.188.